The lowest BCUT2D eigenvalue weighted by Crippen LogP contribution is -2.11. The minimum Gasteiger partial charge on any atom is -0.504 e. The molecule has 0 unspecified atom stereocenters. The van der Waals surface area contributed by atoms with Gasteiger partial charge in [0.15, 0.2) is 11.5 Å². The van der Waals surface area contributed by atoms with Gasteiger partial charge in [-0.25, -0.2) is 0 Å². The van der Waals surface area contributed by atoms with E-state index in [0.29, 0.717) is 12.2 Å². The molecular weight excluding hydrogens is 244 g/mol. The van der Waals surface area contributed by atoms with Crippen LogP contribution in [0.4, 0.5) is 5.69 Å². The quantitative estimate of drug-likeness (QED) is 0.631. The van der Waals surface area contributed by atoms with E-state index in [1.54, 1.807) is 12.1 Å². The number of nitrogens with one attached hydrogen (secondary N) is 1. The van der Waals surface area contributed by atoms with Crippen LogP contribution in [0.25, 0.3) is 0 Å². The Kier molecular flexibility index (Phi) is 3.68. The number of benzene rings is 2. The van der Waals surface area contributed by atoms with Crippen molar-refractivity contribution in [3.05, 3.63) is 53.6 Å². The fourth-order valence-electron chi connectivity index (χ4n) is 1.59. The summed E-state index contributed by atoms with van der Waals surface area (Å²) in [5.74, 6) is -0.953. The summed E-state index contributed by atoms with van der Waals surface area (Å²) in [7, 11) is 0. The maximum atomic E-state index is 11.9. The first-order chi connectivity index (χ1) is 9.10. The van der Waals surface area contributed by atoms with E-state index in [1.165, 1.54) is 18.2 Å². The fourth-order valence-corrected chi connectivity index (χ4v) is 1.59. The normalized spacial score (nSPS) is 10.2. The smallest absolute Gasteiger partial charge is 0.255 e. The van der Waals surface area contributed by atoms with Crippen molar-refractivity contribution in [3.8, 4) is 11.5 Å². The van der Waals surface area contributed by atoms with Crippen LogP contribution in [0.15, 0.2) is 42.5 Å². The lowest BCUT2D eigenvalue weighted by molar-refractivity contribution is 0.102. The number of phenolic OH excluding ortho intramolecular Hbond substituents is 2. The molecule has 0 bridgehead atoms. The number of hydrogen-bond acceptors (Lipinski definition) is 4. The molecule has 0 radical (unpaired) electrons. The molecule has 0 fully saturated rings. The predicted octanol–water partition coefficient (Wildman–Crippen LogP) is 1.81. The van der Waals surface area contributed by atoms with Gasteiger partial charge in [0.25, 0.3) is 5.91 Å². The molecule has 0 saturated carbocycles. The Bertz CT molecular complexity index is 594. The highest BCUT2D eigenvalue weighted by Crippen LogP contribution is 2.25. The summed E-state index contributed by atoms with van der Waals surface area (Å²) >= 11 is 0. The van der Waals surface area contributed by atoms with Crippen LogP contribution in [0, 0.1) is 0 Å². The van der Waals surface area contributed by atoms with E-state index >= 15 is 0 Å². The Labute approximate surface area is 110 Å². The van der Waals surface area contributed by atoms with Crippen molar-refractivity contribution < 1.29 is 15.0 Å². The number of nitrogens with two attached hydrogens (primary N) is 1. The molecule has 5 nitrogen and oxygen atoms in total. The van der Waals surface area contributed by atoms with Gasteiger partial charge in [-0.15, -0.1) is 0 Å². The van der Waals surface area contributed by atoms with Crippen LogP contribution in [0.3, 0.4) is 0 Å². The van der Waals surface area contributed by atoms with Crippen molar-refractivity contribution in [2.24, 2.45) is 5.73 Å². The fraction of sp³-hybridized carbons (Fsp3) is 0.0714. The second kappa shape index (κ2) is 5.41. The second-order valence-corrected chi connectivity index (χ2v) is 4.06. The lowest BCUT2D eigenvalue weighted by atomic mass is 10.1. The number of rotatable bonds is 3. The first kappa shape index (κ1) is 12.9. The molecule has 0 heterocycles. The average molecular weight is 258 g/mol. The molecule has 5 N–H and O–H groups in total. The molecule has 0 atom stereocenters. The van der Waals surface area contributed by atoms with Crippen molar-refractivity contribution >= 4 is 11.6 Å². The van der Waals surface area contributed by atoms with Gasteiger partial charge in [0.1, 0.15) is 0 Å². The van der Waals surface area contributed by atoms with Gasteiger partial charge in [-0.1, -0.05) is 12.1 Å². The van der Waals surface area contributed by atoms with E-state index < -0.39 is 0 Å². The van der Waals surface area contributed by atoms with Crippen molar-refractivity contribution in [2.45, 2.75) is 6.54 Å². The molecule has 98 valence electrons. The van der Waals surface area contributed by atoms with Gasteiger partial charge in [0, 0.05) is 17.8 Å². The highest BCUT2D eigenvalue weighted by molar-refractivity contribution is 6.04. The largest absolute Gasteiger partial charge is 0.504 e. The molecule has 2 rings (SSSR count). The van der Waals surface area contributed by atoms with Crippen molar-refractivity contribution in [3.63, 3.8) is 0 Å². The number of aromatic hydroxyl groups is 2. The Balaban J connectivity index is 2.13. The van der Waals surface area contributed by atoms with Crippen LogP contribution in [0.1, 0.15) is 15.9 Å². The zero-order valence-corrected chi connectivity index (χ0v) is 10.1. The number of carbonyl (C=O) groups excluding carboxylic acids is 1. The third-order valence-electron chi connectivity index (χ3n) is 2.69. The summed E-state index contributed by atoms with van der Waals surface area (Å²) in [5.41, 5.74) is 7.35. The van der Waals surface area contributed by atoms with Gasteiger partial charge in [-0.05, 0) is 35.9 Å². The monoisotopic (exact) mass is 258 g/mol. The van der Waals surface area contributed by atoms with E-state index in [4.69, 9.17) is 5.73 Å². The maximum absolute atomic E-state index is 11.9. The lowest BCUT2D eigenvalue weighted by Gasteiger charge is -2.07. The van der Waals surface area contributed by atoms with Gasteiger partial charge in [-0.2, -0.15) is 0 Å². The number of amides is 1. The summed E-state index contributed by atoms with van der Waals surface area (Å²) in [6.07, 6.45) is 0. The first-order valence-corrected chi connectivity index (χ1v) is 5.72. The van der Waals surface area contributed by atoms with Crippen LogP contribution in [0.2, 0.25) is 0 Å². The Hall–Kier alpha value is -2.53. The van der Waals surface area contributed by atoms with E-state index in [2.05, 4.69) is 5.32 Å². The standard InChI is InChI=1S/C14H14N2O3/c15-8-9-1-4-11(5-2-9)16-14(19)10-3-6-12(17)13(18)7-10/h1-7,17-18H,8,15H2,(H,16,19). The highest BCUT2D eigenvalue weighted by Gasteiger charge is 2.09. The molecule has 5 heteroatoms. The maximum Gasteiger partial charge on any atom is 0.255 e. The molecule has 1 amide bonds. The van der Waals surface area contributed by atoms with Gasteiger partial charge < -0.3 is 21.3 Å². The van der Waals surface area contributed by atoms with Crippen LogP contribution in [-0.4, -0.2) is 16.1 Å². The summed E-state index contributed by atoms with van der Waals surface area (Å²) in [4.78, 5) is 11.9. The van der Waals surface area contributed by atoms with Crippen molar-refractivity contribution in [2.75, 3.05) is 5.32 Å². The van der Waals surface area contributed by atoms with Gasteiger partial charge in [0.2, 0.25) is 0 Å². The average Bonchev–Trinajstić information content (AvgIpc) is 2.42. The molecule has 0 saturated heterocycles. The van der Waals surface area contributed by atoms with E-state index in [9.17, 15) is 15.0 Å². The summed E-state index contributed by atoms with van der Waals surface area (Å²) in [5, 5.41) is 21.2. The SMILES string of the molecule is NCc1ccc(NC(=O)c2ccc(O)c(O)c2)cc1. The van der Waals surface area contributed by atoms with Gasteiger partial charge in [0.05, 0.1) is 0 Å². The van der Waals surface area contributed by atoms with Crippen molar-refractivity contribution in [1.82, 2.24) is 0 Å². The summed E-state index contributed by atoms with van der Waals surface area (Å²) < 4.78 is 0. The number of phenols is 2. The van der Waals surface area contributed by atoms with Crippen LogP contribution in [-0.2, 0) is 6.54 Å². The highest BCUT2D eigenvalue weighted by atomic mass is 16.3. The molecule has 0 aliphatic heterocycles. The zero-order chi connectivity index (χ0) is 13.8. The molecule has 0 aromatic heterocycles. The Morgan fingerprint density at radius 2 is 1.74 bits per heavy atom. The van der Waals surface area contributed by atoms with Gasteiger partial charge in [-0.3, -0.25) is 4.79 Å². The number of hydrogen-bond donors (Lipinski definition) is 4. The minimum absolute atomic E-state index is 0.260. The molecule has 0 aliphatic carbocycles. The minimum atomic E-state index is -0.365. The third-order valence-corrected chi connectivity index (χ3v) is 2.69. The molecule has 19 heavy (non-hydrogen) atoms. The zero-order valence-electron chi connectivity index (χ0n) is 10.1. The molecule has 0 aliphatic rings. The van der Waals surface area contributed by atoms with E-state index in [1.807, 2.05) is 12.1 Å². The van der Waals surface area contributed by atoms with Gasteiger partial charge >= 0.3 is 0 Å². The topological polar surface area (TPSA) is 95.6 Å². The van der Waals surface area contributed by atoms with E-state index in [0.717, 1.165) is 5.56 Å². The van der Waals surface area contributed by atoms with Crippen LogP contribution < -0.4 is 11.1 Å². The van der Waals surface area contributed by atoms with Crippen LogP contribution in [0.5, 0.6) is 11.5 Å². The van der Waals surface area contributed by atoms with Crippen molar-refractivity contribution in [1.29, 1.82) is 0 Å². The number of carbonyl (C=O) groups is 1. The predicted molar refractivity (Wildman–Crippen MR) is 72.1 cm³/mol. The van der Waals surface area contributed by atoms with E-state index in [-0.39, 0.29) is 23.0 Å². The molecule has 2 aromatic rings. The summed E-state index contributed by atoms with van der Waals surface area (Å²) in [6, 6.07) is 11.0. The molecular formula is C14H14N2O3. The molecule has 2 aromatic carbocycles. The molecule has 0 spiro atoms. The van der Waals surface area contributed by atoms with Crippen LogP contribution >= 0.6 is 0 Å². The Morgan fingerprint density at radius 1 is 1.05 bits per heavy atom. The summed E-state index contributed by atoms with van der Waals surface area (Å²) in [6.45, 7) is 0.445. The Morgan fingerprint density at radius 3 is 2.32 bits per heavy atom. The number of anilines is 1. The first-order valence-electron chi connectivity index (χ1n) is 5.72. The third kappa shape index (κ3) is 3.02. The second-order valence-electron chi connectivity index (χ2n) is 4.06.